The molecule has 98 valence electrons. The molecule has 0 fully saturated rings. The molecule has 0 aliphatic carbocycles. The Hall–Kier alpha value is -0.120. The topological polar surface area (TPSA) is 30.5 Å². The molecule has 0 spiro atoms. The van der Waals surface area contributed by atoms with Gasteiger partial charge in [-0.3, -0.25) is 0 Å². The molecule has 0 atom stereocenters. The quantitative estimate of drug-likeness (QED) is 0.586. The Bertz CT molecular complexity index is 158. The molecule has 0 saturated heterocycles. The van der Waals surface area contributed by atoms with Gasteiger partial charge in [-0.15, -0.1) is 0 Å². The molecule has 0 saturated carbocycles. The highest BCUT2D eigenvalue weighted by molar-refractivity contribution is 4.74. The molecule has 0 bridgehead atoms. The Morgan fingerprint density at radius 2 is 1.69 bits per heavy atom. The zero-order valence-corrected chi connectivity index (χ0v) is 11.6. The monoisotopic (exact) mass is 231 g/mol. The Kier molecular flexibility index (Phi) is 8.90. The molecule has 0 amide bonds. The van der Waals surface area contributed by atoms with Crippen LogP contribution in [-0.2, 0) is 9.47 Å². The van der Waals surface area contributed by atoms with Crippen LogP contribution in [0.15, 0.2) is 0 Å². The third-order valence-corrected chi connectivity index (χ3v) is 2.56. The predicted octanol–water partition coefficient (Wildman–Crippen LogP) is 2.45. The largest absolute Gasteiger partial charge is 0.379 e. The summed E-state index contributed by atoms with van der Waals surface area (Å²) < 4.78 is 10.9. The highest BCUT2D eigenvalue weighted by atomic mass is 16.5. The zero-order chi connectivity index (χ0) is 12.4. The molecular weight excluding hydrogens is 202 g/mol. The maximum absolute atomic E-state index is 5.47. The fourth-order valence-corrected chi connectivity index (χ4v) is 1.13. The fraction of sp³-hybridized carbons (Fsp3) is 1.00. The molecule has 16 heavy (non-hydrogen) atoms. The summed E-state index contributed by atoms with van der Waals surface area (Å²) in [6.45, 7) is 14.8. The van der Waals surface area contributed by atoms with E-state index in [1.54, 1.807) is 0 Å². The molecule has 0 aliphatic heterocycles. The molecule has 0 radical (unpaired) electrons. The van der Waals surface area contributed by atoms with Crippen molar-refractivity contribution in [1.29, 1.82) is 0 Å². The molecule has 3 nitrogen and oxygen atoms in total. The van der Waals surface area contributed by atoms with E-state index >= 15 is 0 Å². The van der Waals surface area contributed by atoms with Crippen molar-refractivity contribution in [2.75, 3.05) is 33.0 Å². The van der Waals surface area contributed by atoms with Crippen LogP contribution in [0.4, 0.5) is 0 Å². The van der Waals surface area contributed by atoms with Gasteiger partial charge in [0.25, 0.3) is 0 Å². The van der Waals surface area contributed by atoms with Gasteiger partial charge in [0, 0.05) is 18.7 Å². The van der Waals surface area contributed by atoms with Gasteiger partial charge in [0.2, 0.25) is 0 Å². The molecule has 0 aromatic heterocycles. The van der Waals surface area contributed by atoms with E-state index in [2.05, 4.69) is 39.9 Å². The van der Waals surface area contributed by atoms with E-state index in [1.807, 2.05) is 0 Å². The molecule has 0 aliphatic rings. The second kappa shape index (κ2) is 8.97. The molecule has 0 unspecified atom stereocenters. The lowest BCUT2D eigenvalue weighted by Gasteiger charge is -2.24. The van der Waals surface area contributed by atoms with Crippen LogP contribution in [0.25, 0.3) is 0 Å². The average Bonchev–Trinajstić information content (AvgIpc) is 2.21. The van der Waals surface area contributed by atoms with Crippen molar-refractivity contribution >= 4 is 0 Å². The fourth-order valence-electron chi connectivity index (χ4n) is 1.13. The first-order valence-electron chi connectivity index (χ1n) is 6.38. The van der Waals surface area contributed by atoms with Crippen LogP contribution in [0.3, 0.4) is 0 Å². The van der Waals surface area contributed by atoms with Crippen LogP contribution in [0.5, 0.6) is 0 Å². The molecule has 0 rings (SSSR count). The molecule has 0 heterocycles. The lowest BCUT2D eigenvalue weighted by atomic mass is 10.0. The van der Waals surface area contributed by atoms with Crippen molar-refractivity contribution in [2.45, 2.75) is 46.6 Å². The number of ether oxygens (including phenoxy) is 2. The molecule has 3 heteroatoms. The summed E-state index contributed by atoms with van der Waals surface area (Å²) in [6, 6.07) is 0. The smallest absolute Gasteiger partial charge is 0.0701 e. The van der Waals surface area contributed by atoms with Gasteiger partial charge in [-0.05, 0) is 26.2 Å². The van der Waals surface area contributed by atoms with E-state index in [-0.39, 0.29) is 5.54 Å². The van der Waals surface area contributed by atoms with Gasteiger partial charge in [0.05, 0.1) is 19.8 Å². The minimum atomic E-state index is 0.220. The van der Waals surface area contributed by atoms with Crippen molar-refractivity contribution in [3.63, 3.8) is 0 Å². The van der Waals surface area contributed by atoms with Crippen LogP contribution in [0.2, 0.25) is 0 Å². The average molecular weight is 231 g/mol. The van der Waals surface area contributed by atoms with E-state index in [9.17, 15) is 0 Å². The SMILES string of the molecule is CCC(C)(C)NCCOCCOCC(C)C. The van der Waals surface area contributed by atoms with Crippen molar-refractivity contribution in [3.05, 3.63) is 0 Å². The normalized spacial score (nSPS) is 12.4. The Morgan fingerprint density at radius 1 is 1.06 bits per heavy atom. The maximum atomic E-state index is 5.47. The van der Waals surface area contributed by atoms with Crippen molar-refractivity contribution in [2.24, 2.45) is 5.92 Å². The Morgan fingerprint density at radius 3 is 2.25 bits per heavy atom. The second-order valence-electron chi connectivity index (χ2n) is 5.25. The van der Waals surface area contributed by atoms with Crippen LogP contribution >= 0.6 is 0 Å². The van der Waals surface area contributed by atoms with Gasteiger partial charge in [-0.1, -0.05) is 20.8 Å². The first-order valence-corrected chi connectivity index (χ1v) is 6.38. The number of nitrogens with one attached hydrogen (secondary N) is 1. The lowest BCUT2D eigenvalue weighted by molar-refractivity contribution is 0.0374. The van der Waals surface area contributed by atoms with Crippen molar-refractivity contribution in [1.82, 2.24) is 5.32 Å². The van der Waals surface area contributed by atoms with E-state index < -0.39 is 0 Å². The number of rotatable bonds is 10. The molecule has 0 aromatic rings. The van der Waals surface area contributed by atoms with Crippen molar-refractivity contribution in [3.8, 4) is 0 Å². The van der Waals surface area contributed by atoms with Crippen LogP contribution in [-0.4, -0.2) is 38.5 Å². The summed E-state index contributed by atoms with van der Waals surface area (Å²) in [5.74, 6) is 0.604. The number of hydrogen-bond acceptors (Lipinski definition) is 3. The molecular formula is C13H29NO2. The van der Waals surface area contributed by atoms with E-state index in [0.29, 0.717) is 19.1 Å². The summed E-state index contributed by atoms with van der Waals surface area (Å²) in [5, 5.41) is 3.45. The lowest BCUT2D eigenvalue weighted by Crippen LogP contribution is -2.40. The minimum absolute atomic E-state index is 0.220. The van der Waals surface area contributed by atoms with E-state index in [4.69, 9.17) is 9.47 Å². The van der Waals surface area contributed by atoms with Crippen LogP contribution in [0, 0.1) is 5.92 Å². The summed E-state index contributed by atoms with van der Waals surface area (Å²) in [7, 11) is 0. The molecule has 0 aromatic carbocycles. The summed E-state index contributed by atoms with van der Waals surface area (Å²) in [5.41, 5.74) is 0.220. The maximum Gasteiger partial charge on any atom is 0.0701 e. The van der Waals surface area contributed by atoms with E-state index in [1.165, 1.54) is 0 Å². The van der Waals surface area contributed by atoms with Gasteiger partial charge in [0.1, 0.15) is 0 Å². The third-order valence-electron chi connectivity index (χ3n) is 2.56. The Balaban J connectivity index is 3.16. The Labute approximate surface area is 101 Å². The summed E-state index contributed by atoms with van der Waals surface area (Å²) >= 11 is 0. The summed E-state index contributed by atoms with van der Waals surface area (Å²) in [6.07, 6.45) is 1.13. The van der Waals surface area contributed by atoms with Crippen LogP contribution < -0.4 is 5.32 Å². The first-order chi connectivity index (χ1) is 7.48. The number of hydrogen-bond donors (Lipinski definition) is 1. The van der Waals surface area contributed by atoms with Gasteiger partial charge in [-0.2, -0.15) is 0 Å². The van der Waals surface area contributed by atoms with Crippen LogP contribution in [0.1, 0.15) is 41.0 Å². The highest BCUT2D eigenvalue weighted by Crippen LogP contribution is 2.05. The third kappa shape index (κ3) is 10.4. The van der Waals surface area contributed by atoms with Gasteiger partial charge in [-0.25, -0.2) is 0 Å². The second-order valence-corrected chi connectivity index (χ2v) is 5.25. The van der Waals surface area contributed by atoms with Gasteiger partial charge in [0.15, 0.2) is 0 Å². The molecule has 1 N–H and O–H groups in total. The van der Waals surface area contributed by atoms with Crippen molar-refractivity contribution < 1.29 is 9.47 Å². The highest BCUT2D eigenvalue weighted by Gasteiger charge is 2.12. The summed E-state index contributed by atoms with van der Waals surface area (Å²) in [4.78, 5) is 0. The predicted molar refractivity (Wildman–Crippen MR) is 68.8 cm³/mol. The van der Waals surface area contributed by atoms with Gasteiger partial charge < -0.3 is 14.8 Å². The van der Waals surface area contributed by atoms with Gasteiger partial charge >= 0.3 is 0 Å². The zero-order valence-electron chi connectivity index (χ0n) is 11.6. The first kappa shape index (κ1) is 15.9. The standard InChI is InChI=1S/C13H29NO2/c1-6-13(4,5)14-7-8-15-9-10-16-11-12(2)3/h12,14H,6-11H2,1-5H3. The van der Waals surface area contributed by atoms with E-state index in [0.717, 1.165) is 26.2 Å². The minimum Gasteiger partial charge on any atom is -0.379 e.